The first-order valence-electron chi connectivity index (χ1n) is 11.7. The highest BCUT2D eigenvalue weighted by molar-refractivity contribution is 9.10. The molecule has 7 heteroatoms. The minimum Gasteiger partial charge on any atom is -0.484 e. The molecule has 0 aliphatic carbocycles. The molecule has 0 aromatic heterocycles. The van der Waals surface area contributed by atoms with Crippen molar-refractivity contribution < 1.29 is 14.3 Å². The molecule has 184 valence electrons. The van der Waals surface area contributed by atoms with Crippen LogP contribution in [0.1, 0.15) is 30.9 Å². The van der Waals surface area contributed by atoms with E-state index in [1.807, 2.05) is 60.7 Å². The highest BCUT2D eigenvalue weighted by Gasteiger charge is 2.30. The quantitative estimate of drug-likeness (QED) is 0.276. The molecule has 0 saturated carbocycles. The average molecular weight is 558 g/mol. The van der Waals surface area contributed by atoms with Crippen molar-refractivity contribution in [1.29, 1.82) is 0 Å². The summed E-state index contributed by atoms with van der Waals surface area (Å²) in [6.07, 6.45) is 2.23. The number of carbonyl (C=O) groups excluding carboxylic acids is 2. The van der Waals surface area contributed by atoms with Crippen molar-refractivity contribution in [3.8, 4) is 5.75 Å². The predicted molar refractivity (Wildman–Crippen MR) is 143 cm³/mol. The van der Waals surface area contributed by atoms with Gasteiger partial charge in [0.1, 0.15) is 11.8 Å². The van der Waals surface area contributed by atoms with E-state index in [9.17, 15) is 9.59 Å². The molecule has 3 aromatic carbocycles. The Labute approximate surface area is 220 Å². The van der Waals surface area contributed by atoms with Crippen LogP contribution in [0.4, 0.5) is 0 Å². The molecular weight excluding hydrogens is 528 g/mol. The fourth-order valence-corrected chi connectivity index (χ4v) is 4.13. The molecule has 0 saturated heterocycles. The normalized spacial score (nSPS) is 11.5. The van der Waals surface area contributed by atoms with Crippen LogP contribution in [0.5, 0.6) is 5.75 Å². The Kier molecular flexibility index (Phi) is 10.6. The maximum absolute atomic E-state index is 13.5. The molecule has 0 aliphatic rings. The number of halogens is 2. The fourth-order valence-electron chi connectivity index (χ4n) is 3.65. The first-order chi connectivity index (χ1) is 17.0. The lowest BCUT2D eigenvalue weighted by atomic mass is 10.0. The molecule has 1 atom stereocenters. The van der Waals surface area contributed by atoms with E-state index in [-0.39, 0.29) is 25.0 Å². The number of benzene rings is 3. The topological polar surface area (TPSA) is 58.6 Å². The second-order valence-corrected chi connectivity index (χ2v) is 9.60. The Morgan fingerprint density at radius 2 is 1.71 bits per heavy atom. The summed E-state index contributed by atoms with van der Waals surface area (Å²) in [5.74, 6) is 0.122. The Bertz CT molecular complexity index is 1090. The molecular formula is C28H30BrClN2O3. The average Bonchev–Trinajstić information content (AvgIpc) is 2.86. The molecule has 1 unspecified atom stereocenters. The van der Waals surface area contributed by atoms with Gasteiger partial charge in [-0.25, -0.2) is 0 Å². The van der Waals surface area contributed by atoms with Gasteiger partial charge in [-0.2, -0.15) is 0 Å². The zero-order valence-electron chi connectivity index (χ0n) is 19.8. The summed E-state index contributed by atoms with van der Waals surface area (Å²) in [5.41, 5.74) is 1.81. The van der Waals surface area contributed by atoms with E-state index < -0.39 is 6.04 Å². The number of hydrogen-bond acceptors (Lipinski definition) is 3. The number of amides is 2. The number of carbonyl (C=O) groups is 2. The smallest absolute Gasteiger partial charge is 0.261 e. The van der Waals surface area contributed by atoms with Crippen molar-refractivity contribution >= 4 is 39.3 Å². The minimum atomic E-state index is -0.700. The van der Waals surface area contributed by atoms with Crippen LogP contribution in [0, 0.1) is 0 Å². The van der Waals surface area contributed by atoms with E-state index in [0.717, 1.165) is 28.4 Å². The maximum atomic E-state index is 13.5. The predicted octanol–water partition coefficient (Wildman–Crippen LogP) is 6.04. The first kappa shape index (κ1) is 26.8. The van der Waals surface area contributed by atoms with Crippen molar-refractivity contribution in [3.05, 3.63) is 99.5 Å². The van der Waals surface area contributed by atoms with Gasteiger partial charge in [0.15, 0.2) is 6.61 Å². The number of nitrogens with one attached hydrogen (secondary N) is 1. The molecule has 35 heavy (non-hydrogen) atoms. The van der Waals surface area contributed by atoms with Gasteiger partial charge < -0.3 is 15.0 Å². The van der Waals surface area contributed by atoms with Crippen LogP contribution in [-0.2, 0) is 22.6 Å². The van der Waals surface area contributed by atoms with Crippen molar-refractivity contribution in [1.82, 2.24) is 10.2 Å². The molecule has 0 radical (unpaired) electrons. The van der Waals surface area contributed by atoms with Gasteiger partial charge in [-0.15, -0.1) is 0 Å². The SMILES string of the molecule is CCCCNC(=O)C(Cc1ccccc1)N(Cc1cccc(Cl)c1)C(=O)COc1ccc(Br)cc1. The molecule has 5 nitrogen and oxygen atoms in total. The lowest BCUT2D eigenvalue weighted by Gasteiger charge is -2.31. The summed E-state index contributed by atoms with van der Waals surface area (Å²) in [7, 11) is 0. The van der Waals surface area contributed by atoms with Gasteiger partial charge in [0, 0.05) is 29.0 Å². The van der Waals surface area contributed by atoms with Crippen molar-refractivity contribution in [2.75, 3.05) is 13.2 Å². The van der Waals surface area contributed by atoms with Crippen LogP contribution in [0.15, 0.2) is 83.3 Å². The highest BCUT2D eigenvalue weighted by Crippen LogP contribution is 2.19. The van der Waals surface area contributed by atoms with Crippen LogP contribution in [0.2, 0.25) is 5.02 Å². The Balaban J connectivity index is 1.87. The van der Waals surface area contributed by atoms with E-state index in [2.05, 4.69) is 28.2 Å². The Morgan fingerprint density at radius 1 is 1.00 bits per heavy atom. The summed E-state index contributed by atoms with van der Waals surface area (Å²) in [5, 5.41) is 3.59. The standard InChI is InChI=1S/C28H30BrClN2O3/c1-2-3-16-31-28(34)26(18-21-8-5-4-6-9-21)32(19-22-10-7-11-24(30)17-22)27(33)20-35-25-14-12-23(29)13-15-25/h4-15,17,26H,2-3,16,18-20H2,1H3,(H,31,34). The van der Waals surface area contributed by atoms with E-state index in [0.29, 0.717) is 23.7 Å². The van der Waals surface area contributed by atoms with E-state index in [1.165, 1.54) is 0 Å². The largest absolute Gasteiger partial charge is 0.484 e. The van der Waals surface area contributed by atoms with Gasteiger partial charge in [-0.3, -0.25) is 9.59 Å². The molecule has 0 aliphatic heterocycles. The molecule has 3 rings (SSSR count). The van der Waals surface area contributed by atoms with Crippen molar-refractivity contribution in [2.45, 2.75) is 38.8 Å². The lowest BCUT2D eigenvalue weighted by Crippen LogP contribution is -2.51. The van der Waals surface area contributed by atoms with Crippen LogP contribution < -0.4 is 10.1 Å². The maximum Gasteiger partial charge on any atom is 0.261 e. The number of ether oxygens (including phenoxy) is 1. The van der Waals surface area contributed by atoms with Crippen LogP contribution in [-0.4, -0.2) is 35.9 Å². The number of hydrogen-bond donors (Lipinski definition) is 1. The van der Waals surface area contributed by atoms with Crippen molar-refractivity contribution in [3.63, 3.8) is 0 Å². The summed E-state index contributed by atoms with van der Waals surface area (Å²) in [4.78, 5) is 28.5. The van der Waals surface area contributed by atoms with E-state index in [1.54, 1.807) is 23.1 Å². The molecule has 0 fully saturated rings. The molecule has 0 heterocycles. The number of nitrogens with zero attached hydrogens (tertiary/aromatic N) is 1. The second-order valence-electron chi connectivity index (χ2n) is 8.24. The van der Waals surface area contributed by atoms with Gasteiger partial charge in [0.05, 0.1) is 0 Å². The lowest BCUT2D eigenvalue weighted by molar-refractivity contribution is -0.142. The summed E-state index contributed by atoms with van der Waals surface area (Å²) in [6.45, 7) is 2.69. The molecule has 2 amide bonds. The number of unbranched alkanes of at least 4 members (excludes halogenated alkanes) is 1. The zero-order valence-corrected chi connectivity index (χ0v) is 22.1. The molecule has 0 bridgehead atoms. The van der Waals surface area contributed by atoms with Gasteiger partial charge in [-0.1, -0.05) is 83.3 Å². The van der Waals surface area contributed by atoms with Gasteiger partial charge in [0.2, 0.25) is 5.91 Å². The van der Waals surface area contributed by atoms with Gasteiger partial charge >= 0.3 is 0 Å². The monoisotopic (exact) mass is 556 g/mol. The number of rotatable bonds is 12. The Hall–Kier alpha value is -2.83. The third kappa shape index (κ3) is 8.71. The summed E-state index contributed by atoms with van der Waals surface area (Å²) < 4.78 is 6.70. The van der Waals surface area contributed by atoms with Gasteiger partial charge in [-0.05, 0) is 53.9 Å². The van der Waals surface area contributed by atoms with E-state index >= 15 is 0 Å². The fraction of sp³-hybridized carbons (Fsp3) is 0.286. The van der Waals surface area contributed by atoms with Crippen molar-refractivity contribution in [2.24, 2.45) is 0 Å². The van der Waals surface area contributed by atoms with Crippen LogP contribution >= 0.6 is 27.5 Å². The Morgan fingerprint density at radius 3 is 2.40 bits per heavy atom. The molecule has 1 N–H and O–H groups in total. The zero-order chi connectivity index (χ0) is 25.0. The highest BCUT2D eigenvalue weighted by atomic mass is 79.9. The van der Waals surface area contributed by atoms with Crippen LogP contribution in [0.3, 0.4) is 0 Å². The summed E-state index contributed by atoms with van der Waals surface area (Å²) >= 11 is 9.60. The third-order valence-electron chi connectivity index (χ3n) is 5.52. The van der Waals surface area contributed by atoms with Gasteiger partial charge in [0.25, 0.3) is 5.91 Å². The molecule has 0 spiro atoms. The van der Waals surface area contributed by atoms with Crippen LogP contribution in [0.25, 0.3) is 0 Å². The molecule has 3 aromatic rings. The minimum absolute atomic E-state index is 0.179. The summed E-state index contributed by atoms with van der Waals surface area (Å²) in [6, 6.07) is 23.6. The van der Waals surface area contributed by atoms with E-state index in [4.69, 9.17) is 16.3 Å². The first-order valence-corrected chi connectivity index (χ1v) is 12.9. The second kappa shape index (κ2) is 13.9. The third-order valence-corrected chi connectivity index (χ3v) is 6.28.